The van der Waals surface area contributed by atoms with Crippen LogP contribution in [0, 0.1) is 0 Å². The SMILES string of the molecule is CCO[C@@H](Br)CBr. The lowest BCUT2D eigenvalue weighted by Crippen LogP contribution is -2.03. The summed E-state index contributed by atoms with van der Waals surface area (Å²) >= 11 is 6.51. The van der Waals surface area contributed by atoms with Gasteiger partial charge in [0.05, 0.1) is 0 Å². The van der Waals surface area contributed by atoms with E-state index in [1.807, 2.05) is 6.92 Å². The molecule has 0 aliphatic rings. The van der Waals surface area contributed by atoms with Crippen LogP contribution in [0.1, 0.15) is 6.92 Å². The van der Waals surface area contributed by atoms with E-state index < -0.39 is 0 Å². The third-order valence-corrected chi connectivity index (χ3v) is 2.51. The molecule has 0 aliphatic heterocycles. The first-order chi connectivity index (χ1) is 3.31. The van der Waals surface area contributed by atoms with Crippen molar-refractivity contribution >= 4 is 31.9 Å². The van der Waals surface area contributed by atoms with Crippen molar-refractivity contribution in [1.29, 1.82) is 0 Å². The predicted molar refractivity (Wildman–Crippen MR) is 38.1 cm³/mol. The second-order valence-corrected chi connectivity index (χ2v) is 2.69. The minimum atomic E-state index is 0.178. The highest BCUT2D eigenvalue weighted by Crippen LogP contribution is 2.03. The van der Waals surface area contributed by atoms with Crippen LogP contribution in [0.25, 0.3) is 0 Å². The molecular weight excluding hydrogens is 224 g/mol. The van der Waals surface area contributed by atoms with Crippen molar-refractivity contribution in [2.45, 2.75) is 11.9 Å². The van der Waals surface area contributed by atoms with Crippen molar-refractivity contribution in [3.05, 3.63) is 0 Å². The highest BCUT2D eigenvalue weighted by Gasteiger charge is 1.95. The zero-order valence-electron chi connectivity index (χ0n) is 4.16. The third-order valence-electron chi connectivity index (χ3n) is 0.469. The van der Waals surface area contributed by atoms with Gasteiger partial charge in [-0.1, -0.05) is 31.9 Å². The molecule has 0 saturated heterocycles. The average Bonchev–Trinajstić information content (AvgIpc) is 1.68. The number of hydrogen-bond donors (Lipinski definition) is 0. The molecular formula is C4H8Br2O. The van der Waals surface area contributed by atoms with E-state index in [2.05, 4.69) is 31.9 Å². The molecule has 1 nitrogen and oxygen atoms in total. The molecule has 44 valence electrons. The highest BCUT2D eigenvalue weighted by molar-refractivity contribution is 9.12. The molecule has 0 spiro atoms. The Labute approximate surface area is 60.7 Å². The van der Waals surface area contributed by atoms with E-state index in [4.69, 9.17) is 4.74 Å². The smallest absolute Gasteiger partial charge is 0.122 e. The molecule has 0 aromatic carbocycles. The summed E-state index contributed by atoms with van der Waals surface area (Å²) in [6.07, 6.45) is 0. The Morgan fingerprint density at radius 3 is 2.43 bits per heavy atom. The maximum Gasteiger partial charge on any atom is 0.122 e. The van der Waals surface area contributed by atoms with Gasteiger partial charge in [-0.05, 0) is 6.92 Å². The van der Waals surface area contributed by atoms with Crippen molar-refractivity contribution in [3.8, 4) is 0 Å². The number of hydrogen-bond acceptors (Lipinski definition) is 1. The Morgan fingerprint density at radius 1 is 1.71 bits per heavy atom. The number of alkyl halides is 2. The second kappa shape index (κ2) is 5.06. The molecule has 0 aromatic heterocycles. The molecule has 0 amide bonds. The lowest BCUT2D eigenvalue weighted by Gasteiger charge is -2.02. The van der Waals surface area contributed by atoms with Crippen LogP contribution in [-0.4, -0.2) is 17.0 Å². The van der Waals surface area contributed by atoms with Crippen LogP contribution >= 0.6 is 31.9 Å². The van der Waals surface area contributed by atoms with E-state index in [1.54, 1.807) is 0 Å². The fourth-order valence-electron chi connectivity index (χ4n) is 0.225. The van der Waals surface area contributed by atoms with Gasteiger partial charge >= 0.3 is 0 Å². The summed E-state index contributed by atoms with van der Waals surface area (Å²) in [5, 5.41) is 1.03. The normalized spacial score (nSPS) is 14.1. The van der Waals surface area contributed by atoms with E-state index in [9.17, 15) is 0 Å². The molecule has 3 heteroatoms. The molecule has 7 heavy (non-hydrogen) atoms. The number of rotatable bonds is 3. The molecule has 1 atom stereocenters. The van der Waals surface area contributed by atoms with Crippen molar-refractivity contribution < 1.29 is 4.74 Å². The van der Waals surface area contributed by atoms with Gasteiger partial charge in [0.2, 0.25) is 0 Å². The van der Waals surface area contributed by atoms with Crippen molar-refractivity contribution in [2.75, 3.05) is 11.9 Å². The second-order valence-electron chi connectivity index (χ2n) is 1.02. The van der Waals surface area contributed by atoms with E-state index >= 15 is 0 Å². The highest BCUT2D eigenvalue weighted by atomic mass is 79.9. The average molecular weight is 232 g/mol. The van der Waals surface area contributed by atoms with Crippen LogP contribution in [0.3, 0.4) is 0 Å². The molecule has 0 bridgehead atoms. The van der Waals surface area contributed by atoms with E-state index in [0.29, 0.717) is 0 Å². The minimum Gasteiger partial charge on any atom is -0.366 e. The van der Waals surface area contributed by atoms with Gasteiger partial charge in [-0.2, -0.15) is 0 Å². The maximum atomic E-state index is 5.06. The summed E-state index contributed by atoms with van der Waals surface area (Å²) in [6, 6.07) is 0. The van der Waals surface area contributed by atoms with Gasteiger partial charge in [-0.25, -0.2) is 0 Å². The molecule has 0 aromatic rings. The van der Waals surface area contributed by atoms with Crippen molar-refractivity contribution in [3.63, 3.8) is 0 Å². The van der Waals surface area contributed by atoms with Crippen LogP contribution in [0.15, 0.2) is 0 Å². The lowest BCUT2D eigenvalue weighted by atomic mass is 10.8. The van der Waals surface area contributed by atoms with E-state index in [0.717, 1.165) is 11.9 Å². The summed E-state index contributed by atoms with van der Waals surface area (Å²) in [4.78, 5) is 0. The molecule has 0 aliphatic carbocycles. The van der Waals surface area contributed by atoms with Gasteiger partial charge in [0, 0.05) is 11.9 Å². The first-order valence-electron chi connectivity index (χ1n) is 2.13. The van der Waals surface area contributed by atoms with Gasteiger partial charge in [0.1, 0.15) is 5.01 Å². The van der Waals surface area contributed by atoms with Crippen LogP contribution in [-0.2, 0) is 4.74 Å². The van der Waals surface area contributed by atoms with Gasteiger partial charge in [-0.15, -0.1) is 0 Å². The van der Waals surface area contributed by atoms with Crippen molar-refractivity contribution in [1.82, 2.24) is 0 Å². The number of halogens is 2. The summed E-state index contributed by atoms with van der Waals surface area (Å²) in [7, 11) is 0. The summed E-state index contributed by atoms with van der Waals surface area (Å²) in [5.74, 6) is 0. The largest absolute Gasteiger partial charge is 0.366 e. The van der Waals surface area contributed by atoms with Crippen LogP contribution in [0.5, 0.6) is 0 Å². The van der Waals surface area contributed by atoms with Crippen LogP contribution < -0.4 is 0 Å². The third kappa shape index (κ3) is 4.78. The first kappa shape index (κ1) is 7.92. The summed E-state index contributed by atoms with van der Waals surface area (Å²) < 4.78 is 5.06. The topological polar surface area (TPSA) is 9.23 Å². The van der Waals surface area contributed by atoms with E-state index in [-0.39, 0.29) is 5.01 Å². The molecule has 0 unspecified atom stereocenters. The van der Waals surface area contributed by atoms with Crippen LogP contribution in [0.2, 0.25) is 0 Å². The Kier molecular flexibility index (Phi) is 5.73. The Hall–Kier alpha value is 0.920. The standard InChI is InChI=1S/C4H8Br2O/c1-2-7-4(6)3-5/h4H,2-3H2,1H3/t4-/m1/s1. The van der Waals surface area contributed by atoms with Gasteiger partial charge < -0.3 is 4.74 Å². The predicted octanol–water partition coefficient (Wildman–Crippen LogP) is 2.14. The van der Waals surface area contributed by atoms with Crippen molar-refractivity contribution in [2.24, 2.45) is 0 Å². The summed E-state index contributed by atoms with van der Waals surface area (Å²) in [5.41, 5.74) is 0. The van der Waals surface area contributed by atoms with Gasteiger partial charge in [-0.3, -0.25) is 0 Å². The fraction of sp³-hybridized carbons (Fsp3) is 1.00. The zero-order valence-corrected chi connectivity index (χ0v) is 7.33. The molecule has 0 radical (unpaired) electrons. The minimum absolute atomic E-state index is 0.178. The fourth-order valence-corrected chi connectivity index (χ4v) is 0.677. The molecule has 0 fully saturated rings. The van der Waals surface area contributed by atoms with Crippen LogP contribution in [0.4, 0.5) is 0 Å². The monoisotopic (exact) mass is 230 g/mol. The lowest BCUT2D eigenvalue weighted by molar-refractivity contribution is 0.145. The summed E-state index contributed by atoms with van der Waals surface area (Å²) in [6.45, 7) is 2.73. The van der Waals surface area contributed by atoms with Gasteiger partial charge in [0.15, 0.2) is 0 Å². The Morgan fingerprint density at radius 2 is 2.29 bits per heavy atom. The molecule has 0 heterocycles. The quantitative estimate of drug-likeness (QED) is 0.677. The van der Waals surface area contributed by atoms with E-state index in [1.165, 1.54) is 0 Å². The Bertz CT molecular complexity index is 40.7. The Balaban J connectivity index is 2.83. The number of ether oxygens (including phenoxy) is 1. The molecule has 0 N–H and O–H groups in total. The first-order valence-corrected chi connectivity index (χ1v) is 4.16. The van der Waals surface area contributed by atoms with Gasteiger partial charge in [0.25, 0.3) is 0 Å². The zero-order chi connectivity index (χ0) is 5.70. The molecule has 0 saturated carbocycles. The molecule has 0 rings (SSSR count). The maximum absolute atomic E-state index is 5.06.